The molecule has 3 aromatic carbocycles. The maximum atomic E-state index is 12.5. The van der Waals surface area contributed by atoms with E-state index < -0.39 is 0 Å². The number of carbonyl (C=O) groups is 2. The number of ether oxygens (including phenoxy) is 1. The van der Waals surface area contributed by atoms with Crippen molar-refractivity contribution in [3.63, 3.8) is 0 Å². The van der Waals surface area contributed by atoms with Crippen LogP contribution in [0.3, 0.4) is 0 Å². The minimum Gasteiger partial charge on any atom is -0.495 e. The highest BCUT2D eigenvalue weighted by Gasteiger charge is 2.33. The molecule has 1 aliphatic heterocycles. The molecule has 0 spiro atoms. The van der Waals surface area contributed by atoms with Crippen molar-refractivity contribution in [3.8, 4) is 29.2 Å². The van der Waals surface area contributed by atoms with Crippen LogP contribution < -0.4 is 20.3 Å². The summed E-state index contributed by atoms with van der Waals surface area (Å²) in [6.07, 6.45) is 6.28. The van der Waals surface area contributed by atoms with Crippen LogP contribution in [0.2, 0.25) is 0 Å². The molecule has 0 bridgehead atoms. The van der Waals surface area contributed by atoms with Gasteiger partial charge >= 0.3 is 0 Å². The van der Waals surface area contributed by atoms with Crippen molar-refractivity contribution >= 4 is 28.9 Å². The van der Waals surface area contributed by atoms with Gasteiger partial charge in [-0.05, 0) is 72.5 Å². The van der Waals surface area contributed by atoms with E-state index in [0.717, 1.165) is 45.7 Å². The summed E-state index contributed by atoms with van der Waals surface area (Å²) in [5, 5.41) is 6.46. The normalized spacial score (nSPS) is 16.6. The Morgan fingerprint density at radius 1 is 1.06 bits per heavy atom. The number of rotatable bonds is 5. The predicted molar refractivity (Wildman–Crippen MR) is 141 cm³/mol. The molecule has 2 amide bonds. The summed E-state index contributed by atoms with van der Waals surface area (Å²) < 4.78 is 5.58. The highest BCUT2D eigenvalue weighted by molar-refractivity contribution is 5.94. The standard InChI is InChI=1S/C29H29N3O3/c1-6-21-10-12-26(29(15-21)35-5)31-27-14-18(2)32(20(4)34)28-13-11-23(17-25(27)28)22-8-7-9-24(16-22)30-19(3)33/h1,7-13,15-18,27,31H,14H2,2-5H3,(H,30,33)/t18-,27+/m0/s1. The SMILES string of the molecule is C#Cc1ccc(N[C@@H]2C[C@H](C)N(C(C)=O)c3ccc(-c4cccc(NC(C)=O)c4)cc32)c(OC)c1. The zero-order valence-electron chi connectivity index (χ0n) is 20.4. The van der Waals surface area contributed by atoms with E-state index in [2.05, 4.69) is 29.5 Å². The van der Waals surface area contributed by atoms with Crippen molar-refractivity contribution in [1.82, 2.24) is 0 Å². The van der Waals surface area contributed by atoms with Crippen molar-refractivity contribution < 1.29 is 14.3 Å². The Kier molecular flexibility index (Phi) is 6.79. The van der Waals surface area contributed by atoms with Gasteiger partial charge in [-0.15, -0.1) is 6.42 Å². The minimum absolute atomic E-state index is 0.00793. The Morgan fingerprint density at radius 2 is 1.83 bits per heavy atom. The lowest BCUT2D eigenvalue weighted by Gasteiger charge is -2.40. The number of fused-ring (bicyclic) bond motifs is 1. The Hall–Kier alpha value is -4.24. The van der Waals surface area contributed by atoms with E-state index in [9.17, 15) is 9.59 Å². The van der Waals surface area contributed by atoms with Crippen LogP contribution in [0.15, 0.2) is 60.7 Å². The molecule has 0 aliphatic carbocycles. The third-order valence-electron chi connectivity index (χ3n) is 6.23. The van der Waals surface area contributed by atoms with Crippen LogP contribution in [0.4, 0.5) is 17.1 Å². The molecule has 0 radical (unpaired) electrons. The van der Waals surface area contributed by atoms with Crippen LogP contribution in [-0.4, -0.2) is 25.0 Å². The van der Waals surface area contributed by atoms with E-state index in [1.807, 2.05) is 59.5 Å². The van der Waals surface area contributed by atoms with Crippen molar-refractivity contribution in [2.45, 2.75) is 39.3 Å². The lowest BCUT2D eigenvalue weighted by atomic mass is 9.88. The molecule has 2 atom stereocenters. The van der Waals surface area contributed by atoms with Crippen LogP contribution in [0.25, 0.3) is 11.1 Å². The summed E-state index contributed by atoms with van der Waals surface area (Å²) in [5.74, 6) is 3.20. The highest BCUT2D eigenvalue weighted by atomic mass is 16.5. The monoisotopic (exact) mass is 467 g/mol. The summed E-state index contributed by atoms with van der Waals surface area (Å²) in [7, 11) is 1.62. The van der Waals surface area contributed by atoms with Gasteiger partial charge in [-0.3, -0.25) is 9.59 Å². The van der Waals surface area contributed by atoms with Gasteiger partial charge in [-0.1, -0.05) is 24.1 Å². The quantitative estimate of drug-likeness (QED) is 0.479. The zero-order chi connectivity index (χ0) is 25.1. The molecular weight excluding hydrogens is 438 g/mol. The molecule has 4 rings (SSSR count). The summed E-state index contributed by atoms with van der Waals surface area (Å²) in [6, 6.07) is 19.5. The number of anilines is 3. The first-order chi connectivity index (χ1) is 16.8. The van der Waals surface area contributed by atoms with Gasteiger partial charge in [-0.2, -0.15) is 0 Å². The van der Waals surface area contributed by atoms with Crippen LogP contribution in [0.5, 0.6) is 5.75 Å². The average Bonchev–Trinajstić information content (AvgIpc) is 2.83. The van der Waals surface area contributed by atoms with Crippen LogP contribution in [0, 0.1) is 12.3 Å². The summed E-state index contributed by atoms with van der Waals surface area (Å²) in [5.41, 5.74) is 6.19. The molecule has 0 aromatic heterocycles. The third kappa shape index (κ3) is 4.99. The molecule has 35 heavy (non-hydrogen) atoms. The molecule has 0 unspecified atom stereocenters. The van der Waals surface area contributed by atoms with Gasteiger partial charge in [0.1, 0.15) is 5.75 Å². The van der Waals surface area contributed by atoms with Gasteiger partial charge in [-0.25, -0.2) is 0 Å². The summed E-state index contributed by atoms with van der Waals surface area (Å²) in [6.45, 7) is 5.15. The molecule has 6 heteroatoms. The summed E-state index contributed by atoms with van der Waals surface area (Å²) in [4.78, 5) is 25.9. The Balaban J connectivity index is 1.78. The fourth-order valence-electron chi connectivity index (χ4n) is 4.73. The first kappa shape index (κ1) is 23.9. The number of terminal acetylenes is 1. The van der Waals surface area contributed by atoms with Gasteiger partial charge in [0.05, 0.1) is 18.8 Å². The molecule has 0 saturated heterocycles. The first-order valence-corrected chi connectivity index (χ1v) is 11.5. The van der Waals surface area contributed by atoms with Gasteiger partial charge < -0.3 is 20.3 Å². The number of hydrogen-bond donors (Lipinski definition) is 2. The highest BCUT2D eigenvalue weighted by Crippen LogP contribution is 2.42. The molecule has 0 fully saturated rings. The molecule has 1 aliphatic rings. The van der Waals surface area contributed by atoms with E-state index in [4.69, 9.17) is 11.2 Å². The van der Waals surface area contributed by atoms with Gasteiger partial charge in [0, 0.05) is 36.8 Å². The van der Waals surface area contributed by atoms with Crippen molar-refractivity contribution in [2.75, 3.05) is 22.6 Å². The Morgan fingerprint density at radius 3 is 2.51 bits per heavy atom. The number of methoxy groups -OCH3 is 1. The largest absolute Gasteiger partial charge is 0.495 e. The molecular formula is C29H29N3O3. The number of carbonyl (C=O) groups excluding carboxylic acids is 2. The second kappa shape index (κ2) is 9.94. The Bertz CT molecular complexity index is 1320. The van der Waals surface area contributed by atoms with Gasteiger partial charge in [0.15, 0.2) is 0 Å². The first-order valence-electron chi connectivity index (χ1n) is 11.5. The molecule has 178 valence electrons. The summed E-state index contributed by atoms with van der Waals surface area (Å²) >= 11 is 0. The molecule has 0 saturated carbocycles. The molecule has 2 N–H and O–H groups in total. The molecule has 1 heterocycles. The number of nitrogens with one attached hydrogen (secondary N) is 2. The van der Waals surface area contributed by atoms with Crippen molar-refractivity contribution in [1.29, 1.82) is 0 Å². The van der Waals surface area contributed by atoms with E-state index in [-0.39, 0.29) is 23.9 Å². The van der Waals surface area contributed by atoms with E-state index in [1.165, 1.54) is 6.92 Å². The van der Waals surface area contributed by atoms with E-state index >= 15 is 0 Å². The lowest BCUT2D eigenvalue weighted by Crippen LogP contribution is -2.43. The number of amides is 2. The van der Waals surface area contributed by atoms with Gasteiger partial charge in [0.2, 0.25) is 11.8 Å². The maximum absolute atomic E-state index is 12.5. The second-order valence-corrected chi connectivity index (χ2v) is 8.77. The van der Waals surface area contributed by atoms with Crippen LogP contribution in [0.1, 0.15) is 44.4 Å². The predicted octanol–water partition coefficient (Wildman–Crippen LogP) is 5.60. The maximum Gasteiger partial charge on any atom is 0.224 e. The second-order valence-electron chi connectivity index (χ2n) is 8.77. The van der Waals surface area contributed by atoms with Crippen LogP contribution in [-0.2, 0) is 9.59 Å². The fraction of sp³-hybridized carbons (Fsp3) is 0.241. The molecule has 3 aromatic rings. The lowest BCUT2D eigenvalue weighted by molar-refractivity contribution is -0.117. The van der Waals surface area contributed by atoms with Gasteiger partial charge in [0.25, 0.3) is 0 Å². The van der Waals surface area contributed by atoms with E-state index in [1.54, 1.807) is 14.0 Å². The topological polar surface area (TPSA) is 70.7 Å². The number of nitrogens with zero attached hydrogens (tertiary/aromatic N) is 1. The van der Waals surface area contributed by atoms with Crippen molar-refractivity contribution in [2.24, 2.45) is 0 Å². The van der Waals surface area contributed by atoms with Crippen LogP contribution >= 0.6 is 0 Å². The molecule has 6 nitrogen and oxygen atoms in total. The Labute approximate surface area is 206 Å². The number of hydrogen-bond acceptors (Lipinski definition) is 4. The number of benzene rings is 3. The average molecular weight is 468 g/mol. The zero-order valence-corrected chi connectivity index (χ0v) is 20.4. The van der Waals surface area contributed by atoms with Crippen molar-refractivity contribution in [3.05, 3.63) is 71.8 Å². The minimum atomic E-state index is -0.118. The third-order valence-corrected chi connectivity index (χ3v) is 6.23. The smallest absolute Gasteiger partial charge is 0.224 e. The van der Waals surface area contributed by atoms with E-state index in [0.29, 0.717) is 5.75 Å². The fourth-order valence-corrected chi connectivity index (χ4v) is 4.73.